The van der Waals surface area contributed by atoms with Crippen LogP contribution in [0.2, 0.25) is 0 Å². The van der Waals surface area contributed by atoms with Gasteiger partial charge in [-0.3, -0.25) is 4.79 Å². The number of hydrogen-bond acceptors (Lipinski definition) is 7. The molecule has 0 unspecified atom stereocenters. The third kappa shape index (κ3) is 2.65. The van der Waals surface area contributed by atoms with E-state index < -0.39 is 22.7 Å². The van der Waals surface area contributed by atoms with Crippen LogP contribution in [0.5, 0.6) is 28.7 Å². The third-order valence-electron chi connectivity index (χ3n) is 3.17. The average molecular weight is 381 g/mol. The van der Waals surface area contributed by atoms with E-state index in [1.165, 1.54) is 6.07 Å². The van der Waals surface area contributed by atoms with Gasteiger partial charge in [0.2, 0.25) is 11.2 Å². The number of phenols is 4. The van der Waals surface area contributed by atoms with Gasteiger partial charge in [-0.2, -0.15) is 0 Å². The Bertz CT molecular complexity index is 962. The van der Waals surface area contributed by atoms with E-state index in [-0.39, 0.29) is 50.9 Å². The molecule has 3 rings (SSSR count). The van der Waals surface area contributed by atoms with Crippen molar-refractivity contribution in [2.75, 3.05) is 0 Å². The van der Waals surface area contributed by atoms with Crippen molar-refractivity contribution in [2.24, 2.45) is 0 Å². The standard InChI is InChI=1S/C15H10O7.Se/c16-7-4-10(19)12-11(5-7)22-15(14(21)13(12)20)6-1-2-8(17)9(18)3-6;/h1-5,16-19,21H;. The maximum atomic E-state index is 12.1. The van der Waals surface area contributed by atoms with Crippen molar-refractivity contribution in [3.05, 3.63) is 40.6 Å². The zero-order valence-corrected chi connectivity index (χ0v) is 13.1. The van der Waals surface area contributed by atoms with Gasteiger partial charge >= 0.3 is 0 Å². The van der Waals surface area contributed by atoms with E-state index in [0.29, 0.717) is 0 Å². The molecule has 2 aromatic carbocycles. The molecule has 118 valence electrons. The molecule has 0 aliphatic carbocycles. The Kier molecular flexibility index (Phi) is 4.14. The van der Waals surface area contributed by atoms with Gasteiger partial charge in [0.1, 0.15) is 22.5 Å². The molecule has 3 aromatic rings. The fourth-order valence-electron chi connectivity index (χ4n) is 2.14. The Morgan fingerprint density at radius 1 is 0.826 bits per heavy atom. The summed E-state index contributed by atoms with van der Waals surface area (Å²) in [5.74, 6) is -2.71. The molecule has 0 aliphatic heterocycles. The molecule has 0 spiro atoms. The Labute approximate surface area is 139 Å². The average Bonchev–Trinajstić information content (AvgIpc) is 2.45. The zero-order valence-electron chi connectivity index (χ0n) is 11.3. The van der Waals surface area contributed by atoms with Crippen molar-refractivity contribution >= 4 is 28.0 Å². The van der Waals surface area contributed by atoms with Gasteiger partial charge in [0.25, 0.3) is 0 Å². The predicted octanol–water partition coefficient (Wildman–Crippen LogP) is 1.61. The van der Waals surface area contributed by atoms with E-state index in [9.17, 15) is 30.3 Å². The van der Waals surface area contributed by atoms with E-state index in [2.05, 4.69) is 0 Å². The minimum Gasteiger partial charge on any atom is -0.508 e. The maximum Gasteiger partial charge on any atom is 0.238 e. The smallest absolute Gasteiger partial charge is 0.238 e. The monoisotopic (exact) mass is 382 g/mol. The van der Waals surface area contributed by atoms with Crippen molar-refractivity contribution in [3.63, 3.8) is 0 Å². The van der Waals surface area contributed by atoms with E-state index in [0.717, 1.165) is 24.3 Å². The number of aromatic hydroxyl groups is 5. The molecule has 2 radical (unpaired) electrons. The van der Waals surface area contributed by atoms with E-state index >= 15 is 0 Å². The molecule has 0 bridgehead atoms. The first-order chi connectivity index (χ1) is 10.4. The Balaban J connectivity index is 0.00000192. The molecule has 7 nitrogen and oxygen atoms in total. The third-order valence-corrected chi connectivity index (χ3v) is 3.17. The number of benzene rings is 2. The summed E-state index contributed by atoms with van der Waals surface area (Å²) in [5.41, 5.74) is -0.890. The molecule has 0 saturated heterocycles. The topological polar surface area (TPSA) is 131 Å². The summed E-state index contributed by atoms with van der Waals surface area (Å²) in [6, 6.07) is 5.64. The largest absolute Gasteiger partial charge is 0.508 e. The van der Waals surface area contributed by atoms with Crippen LogP contribution in [0.15, 0.2) is 39.5 Å². The number of hydrogen-bond donors (Lipinski definition) is 5. The first-order valence-electron chi connectivity index (χ1n) is 6.12. The van der Waals surface area contributed by atoms with Crippen LogP contribution in [0.4, 0.5) is 0 Å². The van der Waals surface area contributed by atoms with E-state index in [1.807, 2.05) is 0 Å². The van der Waals surface area contributed by atoms with Gasteiger partial charge in [-0.1, -0.05) is 0 Å². The van der Waals surface area contributed by atoms with Gasteiger partial charge in [-0.05, 0) is 18.2 Å². The second-order valence-electron chi connectivity index (χ2n) is 4.65. The summed E-state index contributed by atoms with van der Waals surface area (Å²) in [6.07, 6.45) is 0. The summed E-state index contributed by atoms with van der Waals surface area (Å²) < 4.78 is 5.35. The van der Waals surface area contributed by atoms with Gasteiger partial charge in [-0.15, -0.1) is 0 Å². The van der Waals surface area contributed by atoms with Crippen molar-refractivity contribution in [1.82, 2.24) is 0 Å². The zero-order chi connectivity index (χ0) is 16.0. The van der Waals surface area contributed by atoms with Crippen LogP contribution in [-0.4, -0.2) is 42.6 Å². The van der Waals surface area contributed by atoms with Crippen LogP contribution in [0.25, 0.3) is 22.3 Å². The van der Waals surface area contributed by atoms with Crippen LogP contribution in [0.3, 0.4) is 0 Å². The number of rotatable bonds is 1. The van der Waals surface area contributed by atoms with Crippen LogP contribution in [-0.2, 0) is 0 Å². The summed E-state index contributed by atoms with van der Waals surface area (Å²) in [6.45, 7) is 0. The predicted molar refractivity (Wildman–Crippen MR) is 82.0 cm³/mol. The van der Waals surface area contributed by atoms with Crippen molar-refractivity contribution in [3.8, 4) is 40.1 Å². The van der Waals surface area contributed by atoms with Gasteiger partial charge in [0.05, 0.1) is 0 Å². The van der Waals surface area contributed by atoms with Crippen LogP contribution >= 0.6 is 0 Å². The van der Waals surface area contributed by atoms with Crippen LogP contribution in [0, 0.1) is 0 Å². The normalized spacial score (nSPS) is 10.4. The molecule has 1 aromatic heterocycles. The molecule has 5 N–H and O–H groups in total. The Hall–Kier alpha value is -2.83. The number of fused-ring (bicyclic) bond motifs is 1. The Morgan fingerprint density at radius 2 is 1.52 bits per heavy atom. The fourth-order valence-corrected chi connectivity index (χ4v) is 2.14. The molecule has 8 heteroatoms. The van der Waals surface area contributed by atoms with Crippen LogP contribution < -0.4 is 5.43 Å². The molecule has 0 saturated carbocycles. The summed E-state index contributed by atoms with van der Waals surface area (Å²) in [4.78, 5) is 12.1. The molecule has 1 heterocycles. The summed E-state index contributed by atoms with van der Waals surface area (Å²) in [7, 11) is 0. The fraction of sp³-hybridized carbons (Fsp3) is 0. The number of phenolic OH excluding ortho intramolecular Hbond substituents is 4. The van der Waals surface area contributed by atoms with E-state index in [4.69, 9.17) is 4.42 Å². The van der Waals surface area contributed by atoms with Crippen LogP contribution in [0.1, 0.15) is 0 Å². The minimum atomic E-state index is -0.888. The molecule has 0 aliphatic rings. The summed E-state index contributed by atoms with van der Waals surface area (Å²) >= 11 is 0. The molecule has 23 heavy (non-hydrogen) atoms. The second kappa shape index (κ2) is 5.75. The minimum absolute atomic E-state index is 0. The van der Waals surface area contributed by atoms with Crippen molar-refractivity contribution < 1.29 is 29.9 Å². The first kappa shape index (κ1) is 16.5. The molecular weight excluding hydrogens is 371 g/mol. The second-order valence-corrected chi connectivity index (χ2v) is 4.65. The Morgan fingerprint density at radius 3 is 2.17 bits per heavy atom. The van der Waals surface area contributed by atoms with E-state index in [1.54, 1.807) is 0 Å². The van der Waals surface area contributed by atoms with Crippen molar-refractivity contribution in [2.45, 2.75) is 0 Å². The van der Waals surface area contributed by atoms with Gasteiger partial charge in [-0.25, -0.2) is 0 Å². The van der Waals surface area contributed by atoms with Gasteiger partial charge in [0, 0.05) is 34.8 Å². The van der Waals surface area contributed by atoms with Gasteiger partial charge in [0.15, 0.2) is 17.3 Å². The van der Waals surface area contributed by atoms with Gasteiger partial charge < -0.3 is 29.9 Å². The molecule has 0 atom stereocenters. The molecule has 0 amide bonds. The van der Waals surface area contributed by atoms with Crippen molar-refractivity contribution in [1.29, 1.82) is 0 Å². The SMILES string of the molecule is O=c1c(O)c(-c2ccc(O)c(O)c2)oc2cc(O)cc(O)c12.[Se]. The molecule has 0 fully saturated rings. The molecular formula is C15H10O7Se. The maximum absolute atomic E-state index is 12.1. The quantitative estimate of drug-likeness (QED) is 0.320. The first-order valence-corrected chi connectivity index (χ1v) is 6.12. The summed E-state index contributed by atoms with van der Waals surface area (Å²) in [5, 5.41) is 47.6.